The van der Waals surface area contributed by atoms with Crippen LogP contribution in [-0.2, 0) is 4.74 Å². The second-order valence-corrected chi connectivity index (χ2v) is 3.33. The van der Waals surface area contributed by atoms with E-state index in [2.05, 4.69) is 4.74 Å². The van der Waals surface area contributed by atoms with Gasteiger partial charge in [0.25, 0.3) is 5.69 Å². The Kier molecular flexibility index (Phi) is 3.08. The van der Waals surface area contributed by atoms with Crippen LogP contribution in [-0.4, -0.2) is 22.6 Å². The van der Waals surface area contributed by atoms with Crippen molar-refractivity contribution in [3.05, 3.63) is 28.1 Å². The summed E-state index contributed by atoms with van der Waals surface area (Å²) in [5.41, 5.74) is 0.0864. The minimum absolute atomic E-state index is 0.0344. The zero-order valence-electron chi connectivity index (χ0n) is 8.76. The molecule has 6 nitrogen and oxygen atoms in total. The van der Waals surface area contributed by atoms with Crippen LogP contribution < -0.4 is 0 Å². The van der Waals surface area contributed by atoms with Crippen molar-refractivity contribution >= 4 is 11.7 Å². The lowest BCUT2D eigenvalue weighted by Crippen LogP contribution is -2.11. The third-order valence-corrected chi connectivity index (χ3v) is 2.00. The summed E-state index contributed by atoms with van der Waals surface area (Å²) in [6.45, 7) is 3.66. The fourth-order valence-corrected chi connectivity index (χ4v) is 1.26. The topological polar surface area (TPSA) is 74.4 Å². The first-order valence-electron chi connectivity index (χ1n) is 4.42. The number of ether oxygens (including phenoxy) is 1. The van der Waals surface area contributed by atoms with Gasteiger partial charge < -0.3 is 9.30 Å². The van der Waals surface area contributed by atoms with E-state index in [-0.39, 0.29) is 17.4 Å². The van der Waals surface area contributed by atoms with E-state index in [4.69, 9.17) is 0 Å². The minimum atomic E-state index is -0.572. The number of hydrogen-bond donors (Lipinski definition) is 0. The lowest BCUT2D eigenvalue weighted by atomic mass is 10.3. The number of methoxy groups -OCH3 is 1. The second-order valence-electron chi connectivity index (χ2n) is 3.33. The van der Waals surface area contributed by atoms with E-state index >= 15 is 0 Å². The van der Waals surface area contributed by atoms with E-state index in [0.29, 0.717) is 0 Å². The minimum Gasteiger partial charge on any atom is -0.464 e. The van der Waals surface area contributed by atoms with Crippen molar-refractivity contribution in [2.75, 3.05) is 7.11 Å². The highest BCUT2D eigenvalue weighted by Crippen LogP contribution is 2.21. The highest BCUT2D eigenvalue weighted by molar-refractivity contribution is 5.88. The van der Waals surface area contributed by atoms with Gasteiger partial charge in [-0.15, -0.1) is 0 Å². The fraction of sp³-hybridized carbons (Fsp3) is 0.444. The molecule has 1 rings (SSSR count). The molecular formula is C9H12N2O4. The van der Waals surface area contributed by atoms with Crippen molar-refractivity contribution < 1.29 is 14.5 Å². The molecule has 0 unspecified atom stereocenters. The Hall–Kier alpha value is -1.85. The molecule has 6 heteroatoms. The average molecular weight is 212 g/mol. The van der Waals surface area contributed by atoms with Gasteiger partial charge in [0.15, 0.2) is 0 Å². The van der Waals surface area contributed by atoms with Crippen molar-refractivity contribution in [3.8, 4) is 0 Å². The highest BCUT2D eigenvalue weighted by atomic mass is 16.6. The molecule has 15 heavy (non-hydrogen) atoms. The summed E-state index contributed by atoms with van der Waals surface area (Å²) in [6, 6.07) is 1.18. The molecule has 0 aliphatic rings. The Labute approximate surface area is 86.6 Å². The Balaban J connectivity index is 3.23. The summed E-state index contributed by atoms with van der Waals surface area (Å²) in [7, 11) is 1.24. The number of nitro groups is 1. The van der Waals surface area contributed by atoms with Gasteiger partial charge >= 0.3 is 5.97 Å². The lowest BCUT2D eigenvalue weighted by Gasteiger charge is -2.09. The van der Waals surface area contributed by atoms with Gasteiger partial charge in [-0.1, -0.05) is 0 Å². The monoisotopic (exact) mass is 212 g/mol. The van der Waals surface area contributed by atoms with Crippen LogP contribution in [0, 0.1) is 10.1 Å². The average Bonchev–Trinajstić information content (AvgIpc) is 2.61. The summed E-state index contributed by atoms with van der Waals surface area (Å²) >= 11 is 0. The largest absolute Gasteiger partial charge is 0.464 e. The molecule has 1 aromatic rings. The predicted molar refractivity (Wildman–Crippen MR) is 52.8 cm³/mol. The molecule has 0 atom stereocenters. The zero-order valence-corrected chi connectivity index (χ0v) is 8.76. The van der Waals surface area contributed by atoms with Gasteiger partial charge in [-0.05, 0) is 13.8 Å². The smallest absolute Gasteiger partial charge is 0.354 e. The maximum Gasteiger partial charge on any atom is 0.354 e. The standard InChI is InChI=1S/C9H12N2O4/c1-6(2)10-5-7(11(13)14)4-8(10)9(12)15-3/h4-6H,1-3H3. The third-order valence-electron chi connectivity index (χ3n) is 2.00. The highest BCUT2D eigenvalue weighted by Gasteiger charge is 2.20. The van der Waals surface area contributed by atoms with E-state index in [1.165, 1.54) is 23.9 Å². The lowest BCUT2D eigenvalue weighted by molar-refractivity contribution is -0.384. The molecular weight excluding hydrogens is 200 g/mol. The molecule has 0 fully saturated rings. The number of carbonyl (C=O) groups is 1. The normalized spacial score (nSPS) is 10.4. The van der Waals surface area contributed by atoms with Crippen LogP contribution in [0.5, 0.6) is 0 Å². The quantitative estimate of drug-likeness (QED) is 0.434. The molecule has 0 saturated carbocycles. The first-order chi connectivity index (χ1) is 6.97. The van der Waals surface area contributed by atoms with E-state index in [9.17, 15) is 14.9 Å². The van der Waals surface area contributed by atoms with Crippen LogP contribution in [0.2, 0.25) is 0 Å². The maximum atomic E-state index is 11.3. The van der Waals surface area contributed by atoms with Gasteiger partial charge in [-0.2, -0.15) is 0 Å². The molecule has 1 heterocycles. The van der Waals surface area contributed by atoms with E-state index in [1.807, 2.05) is 13.8 Å². The van der Waals surface area contributed by atoms with Gasteiger partial charge in [0.05, 0.1) is 18.2 Å². The maximum absolute atomic E-state index is 11.3. The molecule has 0 bridgehead atoms. The van der Waals surface area contributed by atoms with Gasteiger partial charge in [-0.3, -0.25) is 10.1 Å². The van der Waals surface area contributed by atoms with Gasteiger partial charge in [-0.25, -0.2) is 4.79 Å². The van der Waals surface area contributed by atoms with Crippen molar-refractivity contribution in [1.82, 2.24) is 4.57 Å². The SMILES string of the molecule is COC(=O)c1cc([N+](=O)[O-])cn1C(C)C. The van der Waals surface area contributed by atoms with Gasteiger partial charge in [0.2, 0.25) is 0 Å². The third kappa shape index (κ3) is 2.15. The molecule has 1 aromatic heterocycles. The molecule has 0 amide bonds. The molecule has 0 spiro atoms. The molecule has 82 valence electrons. The summed E-state index contributed by atoms with van der Waals surface area (Å²) in [4.78, 5) is 21.3. The number of aromatic nitrogens is 1. The Bertz CT molecular complexity index is 395. The van der Waals surface area contributed by atoms with Crippen molar-refractivity contribution in [1.29, 1.82) is 0 Å². The van der Waals surface area contributed by atoms with Crippen molar-refractivity contribution in [2.24, 2.45) is 0 Å². The van der Waals surface area contributed by atoms with Crippen LogP contribution >= 0.6 is 0 Å². The van der Waals surface area contributed by atoms with Crippen LogP contribution in [0.25, 0.3) is 0 Å². The summed E-state index contributed by atoms with van der Waals surface area (Å²) in [5, 5.41) is 10.5. The van der Waals surface area contributed by atoms with Gasteiger partial charge in [0, 0.05) is 12.1 Å². The van der Waals surface area contributed by atoms with Crippen molar-refractivity contribution in [2.45, 2.75) is 19.9 Å². The van der Waals surface area contributed by atoms with Crippen LogP contribution in [0.3, 0.4) is 0 Å². The Morgan fingerprint density at radius 3 is 2.60 bits per heavy atom. The molecule has 0 aromatic carbocycles. The summed E-state index contributed by atoms with van der Waals surface area (Å²) < 4.78 is 6.06. The number of rotatable bonds is 3. The number of nitrogens with zero attached hydrogens (tertiary/aromatic N) is 2. The fourth-order valence-electron chi connectivity index (χ4n) is 1.26. The van der Waals surface area contributed by atoms with Crippen LogP contribution in [0.4, 0.5) is 5.69 Å². The number of hydrogen-bond acceptors (Lipinski definition) is 4. The molecule has 0 aliphatic heterocycles. The molecule has 0 aliphatic carbocycles. The summed E-state index contributed by atoms with van der Waals surface area (Å²) in [6.07, 6.45) is 1.33. The van der Waals surface area contributed by atoms with Crippen molar-refractivity contribution in [3.63, 3.8) is 0 Å². The Morgan fingerprint density at radius 2 is 2.20 bits per heavy atom. The molecule has 0 N–H and O–H groups in total. The van der Waals surface area contributed by atoms with Crippen LogP contribution in [0.1, 0.15) is 30.4 Å². The van der Waals surface area contributed by atoms with E-state index in [1.54, 1.807) is 0 Å². The number of esters is 1. The number of carbonyl (C=O) groups excluding carboxylic acids is 1. The zero-order chi connectivity index (χ0) is 11.6. The Morgan fingerprint density at radius 1 is 1.60 bits per heavy atom. The first kappa shape index (κ1) is 11.2. The van der Waals surface area contributed by atoms with E-state index in [0.717, 1.165) is 0 Å². The second kappa shape index (κ2) is 4.12. The molecule has 0 saturated heterocycles. The molecule has 0 radical (unpaired) electrons. The predicted octanol–water partition coefficient (Wildman–Crippen LogP) is 1.76. The van der Waals surface area contributed by atoms with Gasteiger partial charge in [0.1, 0.15) is 5.69 Å². The van der Waals surface area contributed by atoms with E-state index < -0.39 is 10.9 Å². The van der Waals surface area contributed by atoms with Crippen LogP contribution in [0.15, 0.2) is 12.3 Å². The first-order valence-corrected chi connectivity index (χ1v) is 4.42. The summed E-state index contributed by atoms with van der Waals surface area (Å²) in [5.74, 6) is -0.572.